The van der Waals surface area contributed by atoms with Crippen molar-refractivity contribution < 1.29 is 0 Å². The summed E-state index contributed by atoms with van der Waals surface area (Å²) < 4.78 is 0. The van der Waals surface area contributed by atoms with Crippen LogP contribution in [0.25, 0.3) is 27.8 Å². The third-order valence-corrected chi connectivity index (χ3v) is 9.72. The van der Waals surface area contributed by atoms with E-state index in [-0.39, 0.29) is 0 Å². The van der Waals surface area contributed by atoms with Crippen molar-refractivity contribution in [2.24, 2.45) is 15.0 Å². The molecule has 6 aromatic rings. The van der Waals surface area contributed by atoms with E-state index in [1.165, 1.54) is 22.3 Å². The topological polar surface area (TPSA) is 37.1 Å². The second-order valence-electron chi connectivity index (χ2n) is 13.5. The minimum Gasteiger partial charge on any atom is -0.261 e. The van der Waals surface area contributed by atoms with Gasteiger partial charge in [0.05, 0.1) is 6.54 Å². The highest BCUT2D eigenvalue weighted by molar-refractivity contribution is 6.13. The molecule has 1 aliphatic rings. The largest absolute Gasteiger partial charge is 0.261 e. The molecule has 7 rings (SSSR count). The predicted octanol–water partition coefficient (Wildman–Crippen LogP) is 12.7. The number of hydrogen-bond donors (Lipinski definition) is 0. The van der Waals surface area contributed by atoms with Crippen LogP contribution in [0.4, 0.5) is 0 Å². The fourth-order valence-electron chi connectivity index (χ4n) is 6.80. The van der Waals surface area contributed by atoms with Crippen molar-refractivity contribution >= 4 is 35.1 Å². The van der Waals surface area contributed by atoms with Crippen LogP contribution in [0, 0.1) is 12.3 Å². The summed E-state index contributed by atoms with van der Waals surface area (Å²) in [5.41, 5.74) is 12.8. The molecule has 6 aromatic carbocycles. The number of aliphatic imine (C=N–C) groups is 3. The predicted molar refractivity (Wildman–Crippen MR) is 239 cm³/mol. The van der Waals surface area contributed by atoms with E-state index in [4.69, 9.17) is 16.4 Å². The van der Waals surface area contributed by atoms with Crippen molar-refractivity contribution in [3.63, 3.8) is 0 Å². The van der Waals surface area contributed by atoms with E-state index in [0.717, 1.165) is 63.8 Å². The Bertz CT molecular complexity index is 2510. The third-order valence-electron chi connectivity index (χ3n) is 9.72. The van der Waals surface area contributed by atoms with Gasteiger partial charge in [-0.25, -0.2) is 9.98 Å². The van der Waals surface area contributed by atoms with Gasteiger partial charge in [-0.3, -0.25) is 4.99 Å². The van der Waals surface area contributed by atoms with Crippen LogP contribution >= 0.6 is 0 Å². The van der Waals surface area contributed by atoms with Gasteiger partial charge in [0, 0.05) is 16.7 Å². The molecule has 0 saturated carbocycles. The summed E-state index contributed by atoms with van der Waals surface area (Å²) in [4.78, 5) is 14.3. The molecule has 0 bridgehead atoms. The van der Waals surface area contributed by atoms with Gasteiger partial charge in [-0.15, -0.1) is 6.42 Å². The van der Waals surface area contributed by atoms with Crippen LogP contribution in [0.2, 0.25) is 0 Å². The second kappa shape index (κ2) is 18.7. The van der Waals surface area contributed by atoms with Gasteiger partial charge in [0.25, 0.3) is 0 Å². The molecular weight excluding hydrogens is 679 g/mol. The molecule has 0 atom stereocenters. The number of amidine groups is 2. The Kier molecular flexibility index (Phi) is 12.4. The molecule has 1 aliphatic carbocycles. The number of rotatable bonds is 11. The maximum absolute atomic E-state index is 6.33. The Balaban J connectivity index is 1.25. The first-order valence-corrected chi connectivity index (χ1v) is 19.0. The highest BCUT2D eigenvalue weighted by Crippen LogP contribution is 2.31. The first kappa shape index (κ1) is 37.2. The van der Waals surface area contributed by atoms with Crippen LogP contribution < -0.4 is 0 Å². The van der Waals surface area contributed by atoms with E-state index < -0.39 is 0 Å². The van der Waals surface area contributed by atoms with Crippen molar-refractivity contribution in [3.05, 3.63) is 233 Å². The van der Waals surface area contributed by atoms with Crippen molar-refractivity contribution in [1.82, 2.24) is 0 Å². The molecular formula is C53H43N3. The number of hydrogen-bond acceptors (Lipinski definition) is 1. The summed E-state index contributed by atoms with van der Waals surface area (Å²) in [6.45, 7) is 4.39. The van der Waals surface area contributed by atoms with Gasteiger partial charge in [0.2, 0.25) is 0 Å². The molecule has 0 radical (unpaired) electrons. The lowest BCUT2D eigenvalue weighted by atomic mass is 9.91. The van der Waals surface area contributed by atoms with Crippen molar-refractivity contribution in [2.75, 3.05) is 0 Å². The summed E-state index contributed by atoms with van der Waals surface area (Å²) in [5.74, 6) is 4.06. The molecule has 56 heavy (non-hydrogen) atoms. The van der Waals surface area contributed by atoms with Crippen LogP contribution in [-0.4, -0.2) is 18.4 Å². The second-order valence-corrected chi connectivity index (χ2v) is 13.5. The third kappa shape index (κ3) is 9.68. The minimum absolute atomic E-state index is 0.468. The first-order chi connectivity index (χ1) is 27.7. The fraction of sp³-hybridized carbons (Fsp3) is 0.0755. The minimum atomic E-state index is 0.468. The smallest absolute Gasteiger partial charge is 0.161 e. The van der Waals surface area contributed by atoms with E-state index in [9.17, 15) is 0 Å². The van der Waals surface area contributed by atoms with Gasteiger partial charge in [0.15, 0.2) is 11.7 Å². The van der Waals surface area contributed by atoms with Crippen LogP contribution in [0.5, 0.6) is 0 Å². The lowest BCUT2D eigenvalue weighted by molar-refractivity contribution is 1.02. The molecule has 0 fully saturated rings. The number of nitrogens with zero attached hydrogens (tertiary/aromatic N) is 3. The molecule has 0 spiro atoms. The molecule has 3 heteroatoms. The summed E-state index contributed by atoms with van der Waals surface area (Å²) in [7, 11) is 0. The summed E-state index contributed by atoms with van der Waals surface area (Å²) in [6, 6.07) is 58.0. The lowest BCUT2D eigenvalue weighted by Crippen LogP contribution is -2.06. The molecule has 0 amide bonds. The first-order valence-electron chi connectivity index (χ1n) is 19.0. The van der Waals surface area contributed by atoms with Gasteiger partial charge < -0.3 is 0 Å². The Morgan fingerprint density at radius 3 is 1.95 bits per heavy atom. The monoisotopic (exact) mass is 721 g/mol. The van der Waals surface area contributed by atoms with Crippen LogP contribution in [0.3, 0.4) is 0 Å². The van der Waals surface area contributed by atoms with Gasteiger partial charge >= 0.3 is 0 Å². The fourth-order valence-corrected chi connectivity index (χ4v) is 6.80. The number of benzene rings is 6. The molecule has 0 aromatic heterocycles. The molecule has 270 valence electrons. The van der Waals surface area contributed by atoms with Crippen molar-refractivity contribution in [3.8, 4) is 23.5 Å². The molecule has 0 saturated heterocycles. The Morgan fingerprint density at radius 2 is 1.23 bits per heavy atom. The highest BCUT2D eigenvalue weighted by atomic mass is 15.0. The zero-order valence-electron chi connectivity index (χ0n) is 31.4. The Labute approximate surface area is 331 Å². The quantitative estimate of drug-likeness (QED) is 0.0553. The van der Waals surface area contributed by atoms with E-state index in [1.807, 2.05) is 78.9 Å². The Hall–Kier alpha value is -7.15. The maximum atomic E-state index is 6.33. The standard InChI is InChI=1S/C53H43N3/c1-3-42(47-29-18-32-51(38-47)52(54-2)56-53(45-26-14-7-15-27-45)55-39-41-19-8-4-9-20-41)36-50(49-31-17-30-48(37-49)44-24-12-6-13-25-44)34-33-40-21-16-28-46(35-40)43-22-10-5-11-23-43/h1,4-15,17-27,29-32,34-38H,2,16,28,33,39H2/b42-36+,50-34+,55-53?,56-52?. The van der Waals surface area contributed by atoms with E-state index in [0.29, 0.717) is 18.2 Å². The SMILES string of the molecule is C#C/C(=C\C(=C/CC1=CCCC(c2ccccc2)=C1)c1cccc(-c2ccccc2)c1)c1cccc(C(N=C)=NC(=NCc2ccccc2)c2ccccc2)c1. The van der Waals surface area contributed by atoms with Crippen LogP contribution in [0.1, 0.15) is 52.6 Å². The zero-order valence-corrected chi connectivity index (χ0v) is 31.4. The average Bonchev–Trinajstić information content (AvgIpc) is 3.28. The van der Waals surface area contributed by atoms with Crippen LogP contribution in [-0.2, 0) is 6.54 Å². The molecule has 3 nitrogen and oxygen atoms in total. The summed E-state index contributed by atoms with van der Waals surface area (Å²) in [6.07, 6.45) is 18.3. The number of allylic oxidation sites excluding steroid dienone is 8. The average molecular weight is 722 g/mol. The lowest BCUT2D eigenvalue weighted by Gasteiger charge is -2.14. The van der Waals surface area contributed by atoms with Gasteiger partial charge in [-0.1, -0.05) is 182 Å². The molecule has 0 aliphatic heterocycles. The normalized spacial score (nSPS) is 13.7. The number of terminal acetylenes is 1. The van der Waals surface area contributed by atoms with Crippen molar-refractivity contribution in [1.29, 1.82) is 0 Å². The molecule has 0 N–H and O–H groups in total. The molecule has 0 heterocycles. The highest BCUT2D eigenvalue weighted by Gasteiger charge is 2.12. The van der Waals surface area contributed by atoms with Crippen LogP contribution in [0.15, 0.2) is 215 Å². The van der Waals surface area contributed by atoms with Gasteiger partial charge in [0.1, 0.15) is 0 Å². The van der Waals surface area contributed by atoms with Gasteiger partial charge in [-0.2, -0.15) is 0 Å². The Morgan fingerprint density at radius 1 is 0.625 bits per heavy atom. The van der Waals surface area contributed by atoms with E-state index in [2.05, 4.69) is 133 Å². The van der Waals surface area contributed by atoms with E-state index >= 15 is 0 Å². The summed E-state index contributed by atoms with van der Waals surface area (Å²) >= 11 is 0. The zero-order chi connectivity index (χ0) is 38.4. The maximum Gasteiger partial charge on any atom is 0.161 e. The summed E-state index contributed by atoms with van der Waals surface area (Å²) in [5, 5.41) is 0. The van der Waals surface area contributed by atoms with Crippen molar-refractivity contribution in [2.45, 2.75) is 25.8 Å². The van der Waals surface area contributed by atoms with Gasteiger partial charge in [-0.05, 0) is 94.3 Å². The van der Waals surface area contributed by atoms with E-state index in [1.54, 1.807) is 0 Å². The molecule has 0 unspecified atom stereocenters.